The van der Waals surface area contributed by atoms with Crippen molar-refractivity contribution < 1.29 is 0 Å². The minimum atomic E-state index is -0.263. The normalized spacial score (nSPS) is 10.6. The molecule has 0 saturated carbocycles. The Kier molecular flexibility index (Phi) is 5.15. The molecule has 0 spiro atoms. The van der Waals surface area contributed by atoms with Gasteiger partial charge in [-0.25, -0.2) is 15.0 Å². The molecule has 2 aromatic rings. The molecular formula is C13H18N6OS. The fourth-order valence-electron chi connectivity index (χ4n) is 1.69. The SMILES string of the molecule is CCCNc1cc(C)nc(CSc2nc(N)cc(=O)[nH]2)n1. The van der Waals surface area contributed by atoms with Gasteiger partial charge in [0.15, 0.2) is 5.16 Å². The molecular weight excluding hydrogens is 288 g/mol. The second-order valence-corrected chi connectivity index (χ2v) is 5.47. The predicted molar refractivity (Wildman–Crippen MR) is 84.4 cm³/mol. The van der Waals surface area contributed by atoms with E-state index in [0.717, 1.165) is 24.5 Å². The summed E-state index contributed by atoms with van der Waals surface area (Å²) in [5, 5.41) is 3.70. The van der Waals surface area contributed by atoms with Crippen molar-refractivity contribution >= 4 is 23.4 Å². The second kappa shape index (κ2) is 7.07. The second-order valence-electron chi connectivity index (χ2n) is 4.50. The van der Waals surface area contributed by atoms with Gasteiger partial charge in [0.25, 0.3) is 5.56 Å². The fraction of sp³-hybridized carbons (Fsp3) is 0.385. The van der Waals surface area contributed by atoms with Gasteiger partial charge >= 0.3 is 0 Å². The highest BCUT2D eigenvalue weighted by atomic mass is 32.2. The van der Waals surface area contributed by atoms with Crippen LogP contribution in [-0.2, 0) is 5.75 Å². The van der Waals surface area contributed by atoms with E-state index in [9.17, 15) is 4.79 Å². The number of nitrogens with zero attached hydrogens (tertiary/aromatic N) is 3. The lowest BCUT2D eigenvalue weighted by Gasteiger charge is -2.07. The van der Waals surface area contributed by atoms with Crippen LogP contribution in [0.5, 0.6) is 0 Å². The highest BCUT2D eigenvalue weighted by Gasteiger charge is 2.05. The van der Waals surface area contributed by atoms with Crippen LogP contribution in [-0.4, -0.2) is 26.5 Å². The Morgan fingerprint density at radius 2 is 2.14 bits per heavy atom. The van der Waals surface area contributed by atoms with Crippen molar-refractivity contribution in [2.24, 2.45) is 0 Å². The van der Waals surface area contributed by atoms with Crippen LogP contribution in [0.1, 0.15) is 24.9 Å². The predicted octanol–water partition coefficient (Wildman–Crippen LogP) is 1.56. The molecule has 7 nitrogen and oxygen atoms in total. The summed E-state index contributed by atoms with van der Waals surface area (Å²) in [6.45, 7) is 4.89. The number of aromatic nitrogens is 4. The lowest BCUT2D eigenvalue weighted by Crippen LogP contribution is -2.10. The first-order chi connectivity index (χ1) is 10.1. The number of nitrogen functional groups attached to an aromatic ring is 1. The Morgan fingerprint density at radius 3 is 2.86 bits per heavy atom. The van der Waals surface area contributed by atoms with Gasteiger partial charge < -0.3 is 16.0 Å². The topological polar surface area (TPSA) is 110 Å². The van der Waals surface area contributed by atoms with E-state index < -0.39 is 0 Å². The standard InChI is InChI=1S/C13H18N6OS/c1-3-4-15-10-5-8(2)16-11(18-10)7-21-13-17-9(14)6-12(20)19-13/h5-6H,3-4,7H2,1-2H3,(H,15,16,18)(H3,14,17,19,20). The molecule has 0 aliphatic heterocycles. The van der Waals surface area contributed by atoms with Crippen molar-refractivity contribution in [2.75, 3.05) is 17.6 Å². The van der Waals surface area contributed by atoms with E-state index in [2.05, 4.69) is 32.2 Å². The molecule has 0 aliphatic carbocycles. The van der Waals surface area contributed by atoms with Gasteiger partial charge in [-0.2, -0.15) is 0 Å². The van der Waals surface area contributed by atoms with Crippen LogP contribution in [0.25, 0.3) is 0 Å². The van der Waals surface area contributed by atoms with Crippen molar-refractivity contribution in [1.29, 1.82) is 0 Å². The fourth-order valence-corrected chi connectivity index (χ4v) is 2.43. The van der Waals surface area contributed by atoms with Crippen LogP contribution in [0.15, 0.2) is 22.1 Å². The van der Waals surface area contributed by atoms with E-state index in [-0.39, 0.29) is 11.4 Å². The number of hydrogen-bond donors (Lipinski definition) is 3. The molecule has 0 aromatic carbocycles. The molecule has 8 heteroatoms. The highest BCUT2D eigenvalue weighted by molar-refractivity contribution is 7.98. The monoisotopic (exact) mass is 306 g/mol. The minimum Gasteiger partial charge on any atom is -0.383 e. The number of nitrogens with one attached hydrogen (secondary N) is 2. The summed E-state index contributed by atoms with van der Waals surface area (Å²) in [6, 6.07) is 3.16. The Balaban J connectivity index is 2.08. The molecule has 0 saturated heterocycles. The zero-order valence-electron chi connectivity index (χ0n) is 12.0. The maximum atomic E-state index is 11.3. The van der Waals surface area contributed by atoms with Crippen molar-refractivity contribution in [3.63, 3.8) is 0 Å². The van der Waals surface area contributed by atoms with Crippen molar-refractivity contribution in [2.45, 2.75) is 31.2 Å². The number of H-pyrrole nitrogens is 1. The molecule has 2 aromatic heterocycles. The number of hydrogen-bond acceptors (Lipinski definition) is 7. The summed E-state index contributed by atoms with van der Waals surface area (Å²) in [6.07, 6.45) is 1.03. The number of nitrogens with two attached hydrogens (primary N) is 1. The first-order valence-corrected chi connectivity index (χ1v) is 7.63. The molecule has 0 amide bonds. The highest BCUT2D eigenvalue weighted by Crippen LogP contribution is 2.18. The number of rotatable bonds is 6. The maximum Gasteiger partial charge on any atom is 0.253 e. The number of thioether (sulfide) groups is 1. The van der Waals surface area contributed by atoms with Crippen molar-refractivity contribution in [3.8, 4) is 0 Å². The number of aryl methyl sites for hydroxylation is 1. The van der Waals surface area contributed by atoms with Crippen LogP contribution >= 0.6 is 11.8 Å². The summed E-state index contributed by atoms with van der Waals surface area (Å²) in [7, 11) is 0. The quantitative estimate of drug-likeness (QED) is 0.549. The van der Waals surface area contributed by atoms with Crippen molar-refractivity contribution in [1.82, 2.24) is 19.9 Å². The molecule has 0 unspecified atom stereocenters. The Hall–Kier alpha value is -2.09. The van der Waals surface area contributed by atoms with Crippen LogP contribution in [0, 0.1) is 6.92 Å². The van der Waals surface area contributed by atoms with E-state index in [1.54, 1.807) is 0 Å². The lowest BCUT2D eigenvalue weighted by atomic mass is 10.4. The zero-order chi connectivity index (χ0) is 15.2. The Bertz CT molecular complexity index is 672. The van der Waals surface area contributed by atoms with Gasteiger partial charge in [0.1, 0.15) is 17.5 Å². The third kappa shape index (κ3) is 4.75. The molecule has 2 rings (SSSR count). The van der Waals surface area contributed by atoms with Gasteiger partial charge in [-0.15, -0.1) is 0 Å². The molecule has 0 fully saturated rings. The molecule has 21 heavy (non-hydrogen) atoms. The molecule has 0 aliphatic rings. The van der Waals surface area contributed by atoms with Crippen LogP contribution in [0.4, 0.5) is 11.6 Å². The third-order valence-corrected chi connectivity index (χ3v) is 3.40. The van der Waals surface area contributed by atoms with E-state index >= 15 is 0 Å². The average Bonchev–Trinajstić information content (AvgIpc) is 2.41. The summed E-state index contributed by atoms with van der Waals surface area (Å²) in [4.78, 5) is 26.8. The van der Waals surface area contributed by atoms with Gasteiger partial charge in [0.05, 0.1) is 5.75 Å². The first-order valence-electron chi connectivity index (χ1n) is 6.65. The van der Waals surface area contributed by atoms with E-state index in [0.29, 0.717) is 16.7 Å². The third-order valence-electron chi connectivity index (χ3n) is 2.53. The van der Waals surface area contributed by atoms with Gasteiger partial charge in [0.2, 0.25) is 0 Å². The summed E-state index contributed by atoms with van der Waals surface area (Å²) >= 11 is 1.34. The van der Waals surface area contributed by atoms with Crippen LogP contribution in [0.2, 0.25) is 0 Å². The summed E-state index contributed by atoms with van der Waals surface area (Å²) < 4.78 is 0. The van der Waals surface area contributed by atoms with Crippen LogP contribution < -0.4 is 16.6 Å². The van der Waals surface area contributed by atoms with Crippen LogP contribution in [0.3, 0.4) is 0 Å². The number of anilines is 2. The maximum absolute atomic E-state index is 11.3. The largest absolute Gasteiger partial charge is 0.383 e. The lowest BCUT2D eigenvalue weighted by molar-refractivity contribution is 0.927. The molecule has 0 radical (unpaired) electrons. The summed E-state index contributed by atoms with van der Waals surface area (Å²) in [5.74, 6) is 2.21. The average molecular weight is 306 g/mol. The van der Waals surface area contributed by atoms with E-state index in [4.69, 9.17) is 5.73 Å². The molecule has 112 valence electrons. The Labute approximate surface area is 126 Å². The summed E-state index contributed by atoms with van der Waals surface area (Å²) in [5.41, 5.74) is 6.18. The van der Waals surface area contributed by atoms with Gasteiger partial charge in [0, 0.05) is 24.4 Å². The molecule has 2 heterocycles. The number of aromatic amines is 1. The van der Waals surface area contributed by atoms with Gasteiger partial charge in [-0.1, -0.05) is 18.7 Å². The van der Waals surface area contributed by atoms with E-state index in [1.807, 2.05) is 13.0 Å². The molecule has 4 N–H and O–H groups in total. The van der Waals surface area contributed by atoms with Crippen molar-refractivity contribution in [3.05, 3.63) is 34.0 Å². The smallest absolute Gasteiger partial charge is 0.253 e. The minimum absolute atomic E-state index is 0.205. The van der Waals surface area contributed by atoms with Gasteiger partial charge in [-0.3, -0.25) is 4.79 Å². The van der Waals surface area contributed by atoms with E-state index in [1.165, 1.54) is 17.8 Å². The zero-order valence-corrected chi connectivity index (χ0v) is 12.8. The van der Waals surface area contributed by atoms with Gasteiger partial charge in [-0.05, 0) is 13.3 Å². The first kappa shape index (κ1) is 15.3. The Morgan fingerprint density at radius 1 is 1.33 bits per heavy atom. The molecule has 0 bridgehead atoms. The molecule has 0 atom stereocenters.